The van der Waals surface area contributed by atoms with E-state index >= 15 is 0 Å². The van der Waals surface area contributed by atoms with Crippen LogP contribution in [0.4, 0.5) is 4.39 Å². The second kappa shape index (κ2) is 6.23. The van der Waals surface area contributed by atoms with E-state index in [-0.39, 0.29) is 11.7 Å². The van der Waals surface area contributed by atoms with E-state index in [1.165, 1.54) is 12.1 Å². The first kappa shape index (κ1) is 12.6. The Labute approximate surface area is 95.0 Å². The zero-order valence-electron chi connectivity index (χ0n) is 9.64. The third-order valence-corrected chi connectivity index (χ3v) is 2.31. The van der Waals surface area contributed by atoms with Gasteiger partial charge in [-0.3, -0.25) is 4.79 Å². The summed E-state index contributed by atoms with van der Waals surface area (Å²) in [4.78, 5) is 11.6. The van der Waals surface area contributed by atoms with Crippen LogP contribution in [0.3, 0.4) is 0 Å². The summed E-state index contributed by atoms with van der Waals surface area (Å²) in [6.07, 6.45) is 0.877. The van der Waals surface area contributed by atoms with Crippen LogP contribution in [0.1, 0.15) is 22.3 Å². The maximum Gasteiger partial charge on any atom is 0.251 e. The summed E-state index contributed by atoms with van der Waals surface area (Å²) in [5.74, 6) is -0.439. The first-order chi connectivity index (χ1) is 7.65. The summed E-state index contributed by atoms with van der Waals surface area (Å²) in [6, 6.07) is 4.37. The van der Waals surface area contributed by atoms with Crippen LogP contribution in [0.5, 0.6) is 0 Å². The average Bonchev–Trinajstić information content (AvgIpc) is 2.28. The maximum absolute atomic E-state index is 13.0. The van der Waals surface area contributed by atoms with Crippen molar-refractivity contribution in [3.63, 3.8) is 0 Å². The molecule has 0 saturated heterocycles. The zero-order chi connectivity index (χ0) is 12.0. The molecule has 0 radical (unpaired) electrons. The molecule has 88 valence electrons. The van der Waals surface area contributed by atoms with Crippen molar-refractivity contribution in [3.05, 3.63) is 35.1 Å². The lowest BCUT2D eigenvalue weighted by atomic mass is 10.1. The number of benzene rings is 1. The molecule has 0 aromatic heterocycles. The Balaban J connectivity index is 2.50. The SMILES string of the molecule is CNCCCNC(=O)c1ccc(F)c(C)c1. The molecule has 0 aliphatic heterocycles. The van der Waals surface area contributed by atoms with Gasteiger partial charge in [-0.1, -0.05) is 0 Å². The number of hydrogen-bond acceptors (Lipinski definition) is 2. The molecule has 4 heteroatoms. The molecule has 0 bridgehead atoms. The molecule has 1 rings (SSSR count). The summed E-state index contributed by atoms with van der Waals surface area (Å²) in [7, 11) is 1.87. The maximum atomic E-state index is 13.0. The van der Waals surface area contributed by atoms with Gasteiger partial charge in [0.25, 0.3) is 5.91 Å². The fourth-order valence-electron chi connectivity index (χ4n) is 1.36. The highest BCUT2D eigenvalue weighted by molar-refractivity contribution is 5.94. The van der Waals surface area contributed by atoms with Crippen LogP contribution >= 0.6 is 0 Å². The molecule has 3 nitrogen and oxygen atoms in total. The van der Waals surface area contributed by atoms with Gasteiger partial charge in [0.1, 0.15) is 5.82 Å². The Hall–Kier alpha value is -1.42. The highest BCUT2D eigenvalue weighted by Crippen LogP contribution is 2.08. The van der Waals surface area contributed by atoms with E-state index in [1.807, 2.05) is 7.05 Å². The minimum atomic E-state index is -0.285. The second-order valence-corrected chi connectivity index (χ2v) is 3.68. The first-order valence-electron chi connectivity index (χ1n) is 5.34. The van der Waals surface area contributed by atoms with Crippen molar-refractivity contribution in [2.45, 2.75) is 13.3 Å². The van der Waals surface area contributed by atoms with Gasteiger partial charge in [-0.25, -0.2) is 4.39 Å². The summed E-state index contributed by atoms with van der Waals surface area (Å²) < 4.78 is 13.0. The van der Waals surface area contributed by atoms with Crippen molar-refractivity contribution in [2.75, 3.05) is 20.1 Å². The van der Waals surface area contributed by atoms with Gasteiger partial charge >= 0.3 is 0 Å². The Bertz CT molecular complexity index is 366. The molecule has 1 aromatic carbocycles. The van der Waals surface area contributed by atoms with Gasteiger partial charge in [0.15, 0.2) is 0 Å². The highest BCUT2D eigenvalue weighted by Gasteiger charge is 2.06. The number of halogens is 1. The Morgan fingerprint density at radius 2 is 2.12 bits per heavy atom. The van der Waals surface area contributed by atoms with Gasteiger partial charge in [0.2, 0.25) is 0 Å². The van der Waals surface area contributed by atoms with Crippen LogP contribution in [0.2, 0.25) is 0 Å². The highest BCUT2D eigenvalue weighted by atomic mass is 19.1. The van der Waals surface area contributed by atoms with Crippen molar-refractivity contribution >= 4 is 5.91 Å². The molecule has 2 N–H and O–H groups in total. The van der Waals surface area contributed by atoms with Crippen molar-refractivity contribution in [1.82, 2.24) is 10.6 Å². The molecule has 0 aliphatic carbocycles. The fourth-order valence-corrected chi connectivity index (χ4v) is 1.36. The predicted octanol–water partition coefficient (Wildman–Crippen LogP) is 1.47. The lowest BCUT2D eigenvalue weighted by Crippen LogP contribution is -2.26. The fraction of sp³-hybridized carbons (Fsp3) is 0.417. The second-order valence-electron chi connectivity index (χ2n) is 3.68. The summed E-state index contributed by atoms with van der Waals surface area (Å²) in [5, 5.41) is 5.78. The van der Waals surface area contributed by atoms with Gasteiger partial charge in [0, 0.05) is 12.1 Å². The summed E-state index contributed by atoms with van der Waals surface area (Å²) in [6.45, 7) is 3.13. The molecule has 0 heterocycles. The molecule has 0 atom stereocenters. The number of nitrogens with one attached hydrogen (secondary N) is 2. The molecule has 16 heavy (non-hydrogen) atoms. The van der Waals surface area contributed by atoms with Crippen molar-refractivity contribution < 1.29 is 9.18 Å². The quantitative estimate of drug-likeness (QED) is 0.744. The number of rotatable bonds is 5. The molecular weight excluding hydrogens is 207 g/mol. The number of hydrogen-bond donors (Lipinski definition) is 2. The van der Waals surface area contributed by atoms with E-state index in [9.17, 15) is 9.18 Å². The topological polar surface area (TPSA) is 41.1 Å². The van der Waals surface area contributed by atoms with Crippen LogP contribution in [0.15, 0.2) is 18.2 Å². The normalized spacial score (nSPS) is 10.2. The lowest BCUT2D eigenvalue weighted by molar-refractivity contribution is 0.0953. The number of carbonyl (C=O) groups excluding carboxylic acids is 1. The van der Waals surface area contributed by atoms with Crippen LogP contribution < -0.4 is 10.6 Å². The molecule has 0 spiro atoms. The van der Waals surface area contributed by atoms with Crippen molar-refractivity contribution in [2.24, 2.45) is 0 Å². The molecule has 0 fully saturated rings. The predicted molar refractivity (Wildman–Crippen MR) is 62.0 cm³/mol. The van der Waals surface area contributed by atoms with E-state index < -0.39 is 0 Å². The van der Waals surface area contributed by atoms with Gasteiger partial charge in [-0.15, -0.1) is 0 Å². The molecule has 0 unspecified atom stereocenters. The molecule has 1 aromatic rings. The monoisotopic (exact) mass is 224 g/mol. The van der Waals surface area contributed by atoms with E-state index in [1.54, 1.807) is 13.0 Å². The Kier molecular flexibility index (Phi) is 4.92. The minimum absolute atomic E-state index is 0.154. The molecular formula is C12H17FN2O. The van der Waals surface area contributed by atoms with E-state index in [4.69, 9.17) is 0 Å². The third-order valence-electron chi connectivity index (χ3n) is 2.31. The van der Waals surface area contributed by atoms with Crippen molar-refractivity contribution in [1.29, 1.82) is 0 Å². The van der Waals surface area contributed by atoms with Crippen molar-refractivity contribution in [3.8, 4) is 0 Å². The standard InChI is InChI=1S/C12H17FN2O/c1-9-8-10(4-5-11(9)13)12(16)15-7-3-6-14-2/h4-5,8,14H,3,6-7H2,1-2H3,(H,15,16). The van der Waals surface area contributed by atoms with Gasteiger partial charge in [-0.05, 0) is 50.7 Å². The smallest absolute Gasteiger partial charge is 0.251 e. The summed E-state index contributed by atoms with van der Waals surface area (Å²) >= 11 is 0. The van der Waals surface area contributed by atoms with Crippen LogP contribution in [-0.4, -0.2) is 26.0 Å². The lowest BCUT2D eigenvalue weighted by Gasteiger charge is -2.06. The van der Waals surface area contributed by atoms with E-state index in [0.29, 0.717) is 17.7 Å². The summed E-state index contributed by atoms with van der Waals surface area (Å²) in [5.41, 5.74) is 0.992. The number of aryl methyl sites for hydroxylation is 1. The third kappa shape index (κ3) is 3.62. The zero-order valence-corrected chi connectivity index (χ0v) is 9.64. The van der Waals surface area contributed by atoms with Gasteiger partial charge < -0.3 is 10.6 Å². The van der Waals surface area contributed by atoms with Gasteiger partial charge in [0.05, 0.1) is 0 Å². The van der Waals surface area contributed by atoms with Gasteiger partial charge in [-0.2, -0.15) is 0 Å². The Morgan fingerprint density at radius 3 is 2.75 bits per heavy atom. The molecule has 0 saturated carbocycles. The van der Waals surface area contributed by atoms with E-state index in [0.717, 1.165) is 13.0 Å². The number of carbonyl (C=O) groups is 1. The largest absolute Gasteiger partial charge is 0.352 e. The van der Waals surface area contributed by atoms with Crippen LogP contribution in [-0.2, 0) is 0 Å². The number of amides is 1. The average molecular weight is 224 g/mol. The molecule has 1 amide bonds. The molecule has 0 aliphatic rings. The Morgan fingerprint density at radius 1 is 1.38 bits per heavy atom. The van der Waals surface area contributed by atoms with Crippen LogP contribution in [0, 0.1) is 12.7 Å². The van der Waals surface area contributed by atoms with E-state index in [2.05, 4.69) is 10.6 Å². The first-order valence-corrected chi connectivity index (χ1v) is 5.34. The van der Waals surface area contributed by atoms with Crippen LogP contribution in [0.25, 0.3) is 0 Å². The minimum Gasteiger partial charge on any atom is -0.352 e.